The zero-order chi connectivity index (χ0) is 20.2. The van der Waals surface area contributed by atoms with E-state index < -0.39 is 0 Å². The molecule has 0 saturated heterocycles. The van der Waals surface area contributed by atoms with Crippen LogP contribution in [-0.4, -0.2) is 68.1 Å². The normalized spacial score (nSPS) is 12.2. The molecule has 0 atom stereocenters. The van der Waals surface area contributed by atoms with E-state index in [0.29, 0.717) is 32.4 Å². The lowest BCUT2D eigenvalue weighted by molar-refractivity contribution is -0.126. The van der Waals surface area contributed by atoms with Crippen LogP contribution >= 0.6 is 0 Å². The summed E-state index contributed by atoms with van der Waals surface area (Å²) in [5, 5.41) is 2.84. The first-order chi connectivity index (χ1) is 12.0. The molecule has 0 aliphatic carbocycles. The predicted octanol–water partition coefficient (Wildman–Crippen LogP) is 1.71. The first kappa shape index (κ1) is 24.3. The molecule has 0 spiro atoms. The van der Waals surface area contributed by atoms with E-state index in [1.807, 2.05) is 27.7 Å². The quantitative estimate of drug-likeness (QED) is 0.394. The molecule has 1 N–H and O–H groups in total. The molecular weight excluding hydrogens is 336 g/mol. The number of hydrogen-bond acceptors (Lipinski definition) is 5. The van der Waals surface area contributed by atoms with Crippen molar-refractivity contribution in [2.45, 2.75) is 58.2 Å². The highest BCUT2D eigenvalue weighted by Crippen LogP contribution is 2.18. The van der Waals surface area contributed by atoms with Crippen LogP contribution in [0, 0.1) is 0 Å². The van der Waals surface area contributed by atoms with Gasteiger partial charge in [-0.15, -0.1) is 0 Å². The fourth-order valence-corrected chi connectivity index (χ4v) is 1.97. The minimum absolute atomic E-state index is 0.125. The van der Waals surface area contributed by atoms with E-state index >= 15 is 0 Å². The molecule has 0 rings (SSSR count). The summed E-state index contributed by atoms with van der Waals surface area (Å²) < 4.78 is 11.3. The number of methoxy groups -OCH3 is 1. The van der Waals surface area contributed by atoms with Crippen LogP contribution in [0.4, 0.5) is 0 Å². The molecule has 0 fully saturated rings. The Kier molecular flexibility index (Phi) is 11.0. The van der Waals surface area contributed by atoms with Crippen molar-refractivity contribution in [1.82, 2.24) is 10.2 Å². The highest BCUT2D eigenvalue weighted by molar-refractivity contribution is 5.91. The molecule has 0 saturated carbocycles. The second kappa shape index (κ2) is 11.8. The molecule has 2 amide bonds. The first-order valence-electron chi connectivity index (χ1n) is 8.86. The monoisotopic (exact) mass is 370 g/mol. The summed E-state index contributed by atoms with van der Waals surface area (Å²) in [7, 11) is 3.27. The lowest BCUT2D eigenvalue weighted by Crippen LogP contribution is -2.36. The van der Waals surface area contributed by atoms with Crippen LogP contribution in [0.15, 0.2) is 12.2 Å². The molecule has 0 radical (unpaired) electrons. The maximum absolute atomic E-state index is 11.9. The average molecular weight is 370 g/mol. The maximum Gasteiger partial charge on any atom is 0.246 e. The highest BCUT2D eigenvalue weighted by Gasteiger charge is 2.22. The summed E-state index contributed by atoms with van der Waals surface area (Å²) >= 11 is 0. The predicted molar refractivity (Wildman–Crippen MR) is 101 cm³/mol. The molecule has 0 unspecified atom stereocenters. The molecule has 26 heavy (non-hydrogen) atoms. The van der Waals surface area contributed by atoms with Gasteiger partial charge in [-0.05, 0) is 46.6 Å². The minimum Gasteiger partial charge on any atom is -0.379 e. The van der Waals surface area contributed by atoms with Crippen molar-refractivity contribution in [3.8, 4) is 0 Å². The van der Waals surface area contributed by atoms with Crippen molar-refractivity contribution in [1.29, 1.82) is 0 Å². The van der Waals surface area contributed by atoms with Crippen molar-refractivity contribution in [2.75, 3.05) is 33.9 Å². The molecule has 150 valence electrons. The summed E-state index contributed by atoms with van der Waals surface area (Å²) in [6.45, 7) is 9.39. The van der Waals surface area contributed by atoms with Gasteiger partial charge in [0.25, 0.3) is 0 Å². The van der Waals surface area contributed by atoms with Gasteiger partial charge >= 0.3 is 0 Å². The molecule has 0 aromatic carbocycles. The highest BCUT2D eigenvalue weighted by atomic mass is 16.5. The second-order valence-corrected chi connectivity index (χ2v) is 7.43. The summed E-state index contributed by atoms with van der Waals surface area (Å²) in [5.74, 6) is -0.432. The van der Waals surface area contributed by atoms with Gasteiger partial charge in [0.15, 0.2) is 0 Å². The van der Waals surface area contributed by atoms with Crippen LogP contribution in [-0.2, 0) is 23.9 Å². The Labute approximate surface area is 157 Å². The molecule has 7 nitrogen and oxygen atoms in total. The van der Waals surface area contributed by atoms with Gasteiger partial charge < -0.3 is 19.7 Å². The van der Waals surface area contributed by atoms with Crippen molar-refractivity contribution in [3.05, 3.63) is 12.2 Å². The third-order valence-corrected chi connectivity index (χ3v) is 4.17. The van der Waals surface area contributed by atoms with Gasteiger partial charge in [0.1, 0.15) is 6.29 Å². The molecule has 0 aliphatic heterocycles. The lowest BCUT2D eigenvalue weighted by Gasteiger charge is -2.29. The van der Waals surface area contributed by atoms with Gasteiger partial charge in [-0.3, -0.25) is 14.4 Å². The summed E-state index contributed by atoms with van der Waals surface area (Å²) in [4.78, 5) is 35.0. The molecule has 0 aliphatic rings. The molecule has 0 heterocycles. The van der Waals surface area contributed by atoms with E-state index in [1.165, 1.54) is 11.0 Å². The van der Waals surface area contributed by atoms with E-state index in [-0.39, 0.29) is 29.4 Å². The van der Waals surface area contributed by atoms with Crippen molar-refractivity contribution in [2.24, 2.45) is 0 Å². The number of allylic oxidation sites excluding steroid dienone is 1. The van der Waals surface area contributed by atoms with Crippen LogP contribution in [0.3, 0.4) is 0 Å². The van der Waals surface area contributed by atoms with E-state index in [4.69, 9.17) is 9.47 Å². The molecule has 0 aromatic rings. The summed E-state index contributed by atoms with van der Waals surface area (Å²) in [6, 6.07) is 0. The number of rotatable bonds is 13. The smallest absolute Gasteiger partial charge is 0.246 e. The Bertz CT molecular complexity index is 486. The Morgan fingerprint density at radius 1 is 1.12 bits per heavy atom. The number of carbonyl (C=O) groups is 3. The first-order valence-corrected chi connectivity index (χ1v) is 8.86. The standard InChI is InChI=1S/C19H34N2O5/c1-18(2,25-6)11-15-26-19(3,4)10-12-20-16(23)9-13-21(5)17(24)8-7-14-22/h7-8,14H,9-13,15H2,1-6H3,(H,20,23)/b8-7-. The number of ether oxygens (including phenoxy) is 2. The Morgan fingerprint density at radius 3 is 2.35 bits per heavy atom. The number of likely N-dealkylation sites (N-methyl/N-ethyl adjacent to an activating group) is 1. The number of nitrogens with one attached hydrogen (secondary N) is 1. The third-order valence-electron chi connectivity index (χ3n) is 4.17. The van der Waals surface area contributed by atoms with Crippen molar-refractivity contribution < 1.29 is 23.9 Å². The van der Waals surface area contributed by atoms with Gasteiger partial charge in [-0.2, -0.15) is 0 Å². The van der Waals surface area contributed by atoms with Gasteiger partial charge in [0.2, 0.25) is 11.8 Å². The van der Waals surface area contributed by atoms with Gasteiger partial charge in [-0.1, -0.05) is 0 Å². The topological polar surface area (TPSA) is 84.9 Å². The zero-order valence-electron chi connectivity index (χ0n) is 17.0. The second-order valence-electron chi connectivity index (χ2n) is 7.43. The van der Waals surface area contributed by atoms with Gasteiger partial charge in [0.05, 0.1) is 17.8 Å². The van der Waals surface area contributed by atoms with Crippen LogP contribution < -0.4 is 5.32 Å². The number of hydrogen-bond donors (Lipinski definition) is 1. The average Bonchev–Trinajstić information content (AvgIpc) is 2.56. The third kappa shape index (κ3) is 11.8. The lowest BCUT2D eigenvalue weighted by atomic mass is 10.0. The molecule has 0 bridgehead atoms. The molecule has 7 heteroatoms. The molecule has 0 aromatic heterocycles. The van der Waals surface area contributed by atoms with Crippen molar-refractivity contribution >= 4 is 18.1 Å². The number of carbonyl (C=O) groups excluding carboxylic acids is 3. The van der Waals surface area contributed by atoms with E-state index in [2.05, 4.69) is 5.32 Å². The van der Waals surface area contributed by atoms with Gasteiger partial charge in [0, 0.05) is 39.7 Å². The van der Waals surface area contributed by atoms with Crippen molar-refractivity contribution in [3.63, 3.8) is 0 Å². The van der Waals surface area contributed by atoms with E-state index in [9.17, 15) is 14.4 Å². The van der Waals surface area contributed by atoms with Crippen LogP contribution in [0.2, 0.25) is 0 Å². The number of nitrogens with zero attached hydrogens (tertiary/aromatic N) is 1. The maximum atomic E-state index is 11.9. The Balaban J connectivity index is 4.03. The van der Waals surface area contributed by atoms with Crippen LogP contribution in [0.25, 0.3) is 0 Å². The molecular formula is C19H34N2O5. The largest absolute Gasteiger partial charge is 0.379 e. The summed E-state index contributed by atoms with van der Waals surface area (Å²) in [5.41, 5.74) is -0.557. The van der Waals surface area contributed by atoms with E-state index in [1.54, 1.807) is 14.2 Å². The van der Waals surface area contributed by atoms with Crippen LogP contribution in [0.5, 0.6) is 0 Å². The fourth-order valence-electron chi connectivity index (χ4n) is 1.97. The fraction of sp³-hybridized carbons (Fsp3) is 0.737. The Morgan fingerprint density at radius 2 is 1.77 bits per heavy atom. The Hall–Kier alpha value is -1.73. The van der Waals surface area contributed by atoms with Crippen LogP contribution in [0.1, 0.15) is 47.0 Å². The minimum atomic E-state index is -0.344. The number of amides is 2. The summed E-state index contributed by atoms with van der Waals surface area (Å²) in [6.07, 6.45) is 4.53. The van der Waals surface area contributed by atoms with E-state index in [0.717, 1.165) is 12.5 Å². The zero-order valence-corrected chi connectivity index (χ0v) is 17.0. The SMILES string of the molecule is COC(C)(C)CCOC(C)(C)CCNC(=O)CCN(C)C(=O)/C=C\C=O. The number of aldehydes is 1. The van der Waals surface area contributed by atoms with Gasteiger partial charge in [-0.25, -0.2) is 0 Å².